The lowest BCUT2D eigenvalue weighted by molar-refractivity contribution is -0.156. The van der Waals surface area contributed by atoms with Gasteiger partial charge in [0.1, 0.15) is 12.7 Å². The van der Waals surface area contributed by atoms with Gasteiger partial charge in [-0.05, 0) is 29.2 Å². The lowest BCUT2D eigenvalue weighted by atomic mass is 9.98. The molecule has 7 nitrogen and oxygen atoms in total. The summed E-state index contributed by atoms with van der Waals surface area (Å²) in [5.74, 6) is -2.03. The van der Waals surface area contributed by atoms with Crippen LogP contribution in [0.2, 0.25) is 0 Å². The topological polar surface area (TPSA) is 93.1 Å². The summed E-state index contributed by atoms with van der Waals surface area (Å²) < 4.78 is 10.4. The molecule has 0 aliphatic heterocycles. The predicted molar refractivity (Wildman–Crippen MR) is 105 cm³/mol. The second-order valence-corrected chi connectivity index (χ2v) is 7.01. The molecule has 2 unspecified atom stereocenters. The fourth-order valence-electron chi connectivity index (χ4n) is 3.82. The molecule has 29 heavy (non-hydrogen) atoms. The average molecular weight is 397 g/mol. The Morgan fingerprint density at radius 2 is 1.55 bits per heavy atom. The predicted octanol–water partition coefficient (Wildman–Crippen LogP) is 3.27. The van der Waals surface area contributed by atoms with E-state index in [1.54, 1.807) is 0 Å². The summed E-state index contributed by atoms with van der Waals surface area (Å²) in [5, 5.41) is 9.48. The largest absolute Gasteiger partial charge is 0.480 e. The lowest BCUT2D eigenvalue weighted by Crippen LogP contribution is -2.50. The summed E-state index contributed by atoms with van der Waals surface area (Å²) in [6.45, 7) is 2.68. The Morgan fingerprint density at radius 3 is 2.03 bits per heavy atom. The maximum atomic E-state index is 12.6. The van der Waals surface area contributed by atoms with Crippen LogP contribution in [0.15, 0.2) is 48.5 Å². The quantitative estimate of drug-likeness (QED) is 0.752. The van der Waals surface area contributed by atoms with Gasteiger partial charge in [-0.15, -0.1) is 0 Å². The van der Waals surface area contributed by atoms with Crippen molar-refractivity contribution in [1.82, 2.24) is 4.90 Å². The highest BCUT2D eigenvalue weighted by Gasteiger charge is 2.36. The number of carboxylic acid groups (broad SMARTS) is 1. The Morgan fingerprint density at radius 1 is 1.03 bits per heavy atom. The van der Waals surface area contributed by atoms with Crippen molar-refractivity contribution in [3.05, 3.63) is 59.7 Å². The van der Waals surface area contributed by atoms with Gasteiger partial charge in [0, 0.05) is 19.9 Å². The van der Waals surface area contributed by atoms with Crippen LogP contribution in [0.4, 0.5) is 4.79 Å². The van der Waals surface area contributed by atoms with E-state index in [1.165, 1.54) is 20.9 Å². The van der Waals surface area contributed by atoms with Crippen LogP contribution in [0.5, 0.6) is 0 Å². The second kappa shape index (κ2) is 8.34. The first-order valence-corrected chi connectivity index (χ1v) is 9.29. The van der Waals surface area contributed by atoms with Crippen molar-refractivity contribution in [3.8, 4) is 11.1 Å². The number of benzene rings is 2. The van der Waals surface area contributed by atoms with Gasteiger partial charge in [-0.1, -0.05) is 48.5 Å². The van der Waals surface area contributed by atoms with E-state index in [0.717, 1.165) is 27.2 Å². The number of aliphatic carboxylic acids is 1. The molecule has 3 rings (SSSR count). The number of hydrogen-bond donors (Lipinski definition) is 1. The molecule has 1 amide bonds. The van der Waals surface area contributed by atoms with Gasteiger partial charge in [-0.2, -0.15) is 0 Å². The number of ether oxygens (including phenoxy) is 2. The van der Waals surface area contributed by atoms with Gasteiger partial charge in [0.05, 0.1) is 0 Å². The zero-order valence-electron chi connectivity index (χ0n) is 16.5. The van der Waals surface area contributed by atoms with Crippen molar-refractivity contribution in [3.63, 3.8) is 0 Å². The number of carbonyl (C=O) groups excluding carboxylic acids is 2. The first-order chi connectivity index (χ1) is 13.8. The number of hydrogen-bond acceptors (Lipinski definition) is 5. The molecular weight excluding hydrogens is 374 g/mol. The highest BCUT2D eigenvalue weighted by Crippen LogP contribution is 2.44. The van der Waals surface area contributed by atoms with Crippen LogP contribution in [0.25, 0.3) is 11.1 Å². The van der Waals surface area contributed by atoms with Crippen molar-refractivity contribution in [2.24, 2.45) is 0 Å². The number of carbonyl (C=O) groups is 3. The Hall–Kier alpha value is -3.35. The van der Waals surface area contributed by atoms with E-state index in [4.69, 9.17) is 9.47 Å². The molecule has 0 aromatic heterocycles. The molecule has 0 saturated carbocycles. The molecule has 1 aliphatic carbocycles. The van der Waals surface area contributed by atoms with Crippen LogP contribution in [-0.2, 0) is 19.1 Å². The maximum absolute atomic E-state index is 12.6. The molecule has 0 bridgehead atoms. The van der Waals surface area contributed by atoms with Crippen molar-refractivity contribution in [1.29, 1.82) is 0 Å². The molecule has 0 heterocycles. The van der Waals surface area contributed by atoms with Crippen molar-refractivity contribution < 1.29 is 29.0 Å². The van der Waals surface area contributed by atoms with Gasteiger partial charge in [-0.25, -0.2) is 9.59 Å². The molecule has 2 aromatic rings. The molecule has 7 heteroatoms. The highest BCUT2D eigenvalue weighted by molar-refractivity contribution is 5.82. The van der Waals surface area contributed by atoms with Crippen LogP contribution < -0.4 is 0 Å². The minimum Gasteiger partial charge on any atom is -0.480 e. The molecule has 0 saturated heterocycles. The SMILES string of the molecule is CC(=O)OC(C)C(C(=O)O)N(C)C(=O)OCC1c2ccccc2-c2ccccc21. The number of fused-ring (bicyclic) bond motifs is 3. The molecule has 0 fully saturated rings. The van der Waals surface area contributed by atoms with Crippen LogP contribution in [0.3, 0.4) is 0 Å². The van der Waals surface area contributed by atoms with E-state index in [0.29, 0.717) is 0 Å². The van der Waals surface area contributed by atoms with E-state index in [-0.39, 0.29) is 12.5 Å². The number of rotatable bonds is 6. The maximum Gasteiger partial charge on any atom is 0.410 e. The lowest BCUT2D eigenvalue weighted by Gasteiger charge is -2.28. The zero-order valence-corrected chi connectivity index (χ0v) is 16.5. The van der Waals surface area contributed by atoms with Crippen LogP contribution >= 0.6 is 0 Å². The van der Waals surface area contributed by atoms with E-state index in [2.05, 4.69) is 0 Å². The molecule has 0 radical (unpaired) electrons. The molecular formula is C22H23NO6. The van der Waals surface area contributed by atoms with Crippen molar-refractivity contribution in [2.45, 2.75) is 31.9 Å². The summed E-state index contributed by atoms with van der Waals surface area (Å²) in [5.41, 5.74) is 4.33. The van der Waals surface area contributed by atoms with Gasteiger partial charge >= 0.3 is 18.0 Å². The second-order valence-electron chi connectivity index (χ2n) is 7.01. The third-order valence-corrected chi connectivity index (χ3v) is 5.09. The number of nitrogens with zero attached hydrogens (tertiary/aromatic N) is 1. The molecule has 152 valence electrons. The normalized spacial score (nSPS) is 14.3. The van der Waals surface area contributed by atoms with Crippen LogP contribution in [0, 0.1) is 0 Å². The third-order valence-electron chi connectivity index (χ3n) is 5.09. The minimum absolute atomic E-state index is 0.0749. The fraction of sp³-hybridized carbons (Fsp3) is 0.318. The van der Waals surface area contributed by atoms with Gasteiger partial charge in [-0.3, -0.25) is 9.69 Å². The van der Waals surface area contributed by atoms with Crippen molar-refractivity contribution in [2.75, 3.05) is 13.7 Å². The summed E-state index contributed by atoms with van der Waals surface area (Å²) >= 11 is 0. The van der Waals surface area contributed by atoms with E-state index >= 15 is 0 Å². The van der Waals surface area contributed by atoms with Gasteiger partial charge in [0.25, 0.3) is 0 Å². The minimum atomic E-state index is -1.35. The standard InChI is InChI=1S/C22H23NO6/c1-13(29-14(2)24)20(21(25)26)23(3)22(27)28-12-19-17-10-6-4-8-15(17)16-9-5-7-11-18(16)19/h4-11,13,19-20H,12H2,1-3H3,(H,25,26). The molecule has 0 spiro atoms. The summed E-state index contributed by atoms with van der Waals surface area (Å²) in [6.07, 6.45) is -1.81. The van der Waals surface area contributed by atoms with E-state index < -0.39 is 30.2 Å². The molecule has 2 aromatic carbocycles. The first-order valence-electron chi connectivity index (χ1n) is 9.29. The van der Waals surface area contributed by atoms with Gasteiger partial charge < -0.3 is 14.6 Å². The van der Waals surface area contributed by atoms with Crippen LogP contribution in [0.1, 0.15) is 30.9 Å². The Bertz CT molecular complexity index is 895. The van der Waals surface area contributed by atoms with E-state index in [9.17, 15) is 19.5 Å². The van der Waals surface area contributed by atoms with E-state index in [1.807, 2.05) is 48.5 Å². The first kappa shape index (κ1) is 20.4. The third kappa shape index (κ3) is 4.08. The van der Waals surface area contributed by atoms with Gasteiger partial charge in [0.15, 0.2) is 6.04 Å². The summed E-state index contributed by atoms with van der Waals surface area (Å²) in [4.78, 5) is 36.3. The van der Waals surface area contributed by atoms with Gasteiger partial charge in [0.2, 0.25) is 0 Å². The smallest absolute Gasteiger partial charge is 0.410 e. The molecule has 1 N–H and O–H groups in total. The average Bonchev–Trinajstić information content (AvgIpc) is 2.99. The highest BCUT2D eigenvalue weighted by atomic mass is 16.6. The Kier molecular flexibility index (Phi) is 5.87. The number of likely N-dealkylation sites (N-methyl/N-ethyl adjacent to an activating group) is 1. The monoisotopic (exact) mass is 397 g/mol. The van der Waals surface area contributed by atoms with Crippen molar-refractivity contribution >= 4 is 18.0 Å². The molecule has 2 atom stereocenters. The summed E-state index contributed by atoms with van der Waals surface area (Å²) in [6, 6.07) is 14.5. The number of carboxylic acids is 1. The summed E-state index contributed by atoms with van der Waals surface area (Å²) in [7, 11) is 1.32. The number of esters is 1. The Labute approximate surface area is 168 Å². The Balaban J connectivity index is 1.75. The number of amides is 1. The van der Waals surface area contributed by atoms with Crippen LogP contribution in [-0.4, -0.2) is 53.8 Å². The zero-order chi connectivity index (χ0) is 21.1. The fourth-order valence-corrected chi connectivity index (χ4v) is 3.82. The molecule has 1 aliphatic rings.